The van der Waals surface area contributed by atoms with E-state index in [2.05, 4.69) is 94.2 Å². The van der Waals surface area contributed by atoms with Gasteiger partial charge < -0.3 is 0 Å². The Balaban J connectivity index is 2.08. The molecule has 0 aromatic heterocycles. The molecule has 0 amide bonds. The van der Waals surface area contributed by atoms with Crippen molar-refractivity contribution < 1.29 is 0 Å². The average Bonchev–Trinajstić information content (AvgIpc) is 2.39. The van der Waals surface area contributed by atoms with E-state index in [1.807, 2.05) is 0 Å². The molecular formula is C17H18Br2. The number of rotatable bonds is 4. The fourth-order valence-corrected chi connectivity index (χ4v) is 3.40. The van der Waals surface area contributed by atoms with Crippen LogP contribution in [0.15, 0.2) is 57.5 Å². The summed E-state index contributed by atoms with van der Waals surface area (Å²) in [5.41, 5.74) is 2.80. The lowest BCUT2D eigenvalue weighted by Gasteiger charge is -2.19. The molecule has 0 aliphatic carbocycles. The fraction of sp³-hybridized carbons (Fsp3) is 0.294. The van der Waals surface area contributed by atoms with E-state index in [0.717, 1.165) is 10.9 Å². The van der Waals surface area contributed by atoms with Crippen LogP contribution in [0, 0.1) is 0 Å². The zero-order chi connectivity index (χ0) is 13.8. The zero-order valence-corrected chi connectivity index (χ0v) is 14.4. The summed E-state index contributed by atoms with van der Waals surface area (Å²) in [6, 6.07) is 17.2. The minimum Gasteiger partial charge on any atom is -0.0619 e. The largest absolute Gasteiger partial charge is 0.0619 e. The molecule has 0 nitrogen and oxygen atoms in total. The van der Waals surface area contributed by atoms with E-state index >= 15 is 0 Å². The Bertz CT molecular complexity index is 531. The van der Waals surface area contributed by atoms with Crippen LogP contribution in [-0.4, -0.2) is 0 Å². The van der Waals surface area contributed by atoms with Gasteiger partial charge >= 0.3 is 0 Å². The highest BCUT2D eigenvalue weighted by atomic mass is 79.9. The van der Waals surface area contributed by atoms with Gasteiger partial charge in [0, 0.05) is 8.95 Å². The van der Waals surface area contributed by atoms with Gasteiger partial charge in [-0.1, -0.05) is 76.0 Å². The molecule has 2 heteroatoms. The van der Waals surface area contributed by atoms with Crippen LogP contribution in [0.4, 0.5) is 0 Å². The molecule has 2 atom stereocenters. The monoisotopic (exact) mass is 380 g/mol. The van der Waals surface area contributed by atoms with Gasteiger partial charge in [-0.25, -0.2) is 0 Å². The van der Waals surface area contributed by atoms with Crippen molar-refractivity contribution in [1.82, 2.24) is 0 Å². The molecule has 0 aliphatic heterocycles. The highest BCUT2D eigenvalue weighted by molar-refractivity contribution is 9.10. The van der Waals surface area contributed by atoms with Crippen LogP contribution in [0.2, 0.25) is 0 Å². The van der Waals surface area contributed by atoms with E-state index in [9.17, 15) is 0 Å². The Morgan fingerprint density at radius 1 is 0.842 bits per heavy atom. The predicted octanol–water partition coefficient (Wildman–Crippen LogP) is 6.51. The van der Waals surface area contributed by atoms with Gasteiger partial charge in [0.15, 0.2) is 0 Å². The van der Waals surface area contributed by atoms with E-state index in [4.69, 9.17) is 0 Å². The molecule has 19 heavy (non-hydrogen) atoms. The first-order valence-electron chi connectivity index (χ1n) is 6.58. The van der Waals surface area contributed by atoms with E-state index < -0.39 is 0 Å². The molecule has 2 rings (SSSR count). The molecule has 0 saturated carbocycles. The quantitative estimate of drug-likeness (QED) is 0.566. The Morgan fingerprint density at radius 3 is 2.11 bits per heavy atom. The lowest BCUT2D eigenvalue weighted by Crippen LogP contribution is -2.01. The maximum atomic E-state index is 3.65. The van der Waals surface area contributed by atoms with Crippen molar-refractivity contribution in [3.63, 3.8) is 0 Å². The van der Waals surface area contributed by atoms with Gasteiger partial charge in [0.1, 0.15) is 0 Å². The molecule has 0 saturated heterocycles. The van der Waals surface area contributed by atoms with Gasteiger partial charge in [-0.2, -0.15) is 0 Å². The Kier molecular flexibility index (Phi) is 5.23. The third-order valence-corrected chi connectivity index (χ3v) is 4.83. The summed E-state index contributed by atoms with van der Waals surface area (Å²) in [7, 11) is 0. The van der Waals surface area contributed by atoms with E-state index in [1.165, 1.54) is 15.6 Å². The van der Waals surface area contributed by atoms with Gasteiger partial charge in [0.25, 0.3) is 0 Å². The van der Waals surface area contributed by atoms with Crippen molar-refractivity contribution in [3.05, 3.63) is 68.6 Å². The van der Waals surface area contributed by atoms with E-state index in [-0.39, 0.29) is 0 Å². The standard InChI is InChI=1S/C17H18Br2/c1-12(14-7-9-15(18)10-8-14)11-13(2)16-5-3-4-6-17(16)19/h3-10,12-13H,11H2,1-2H3. The van der Waals surface area contributed by atoms with Crippen LogP contribution in [0.25, 0.3) is 0 Å². The molecule has 0 radical (unpaired) electrons. The van der Waals surface area contributed by atoms with Gasteiger partial charge in [-0.05, 0) is 47.6 Å². The number of hydrogen-bond donors (Lipinski definition) is 0. The van der Waals surface area contributed by atoms with Crippen molar-refractivity contribution in [2.75, 3.05) is 0 Å². The summed E-state index contributed by atoms with van der Waals surface area (Å²) in [6.45, 7) is 4.60. The third-order valence-electron chi connectivity index (χ3n) is 3.58. The summed E-state index contributed by atoms with van der Waals surface area (Å²) >= 11 is 7.13. The lowest BCUT2D eigenvalue weighted by atomic mass is 9.87. The van der Waals surface area contributed by atoms with Crippen LogP contribution >= 0.6 is 31.9 Å². The van der Waals surface area contributed by atoms with Crippen molar-refractivity contribution >= 4 is 31.9 Å². The van der Waals surface area contributed by atoms with Crippen molar-refractivity contribution in [1.29, 1.82) is 0 Å². The SMILES string of the molecule is CC(CC(C)c1ccccc1Br)c1ccc(Br)cc1. The maximum Gasteiger partial charge on any atom is 0.0210 e. The maximum absolute atomic E-state index is 3.65. The number of hydrogen-bond acceptors (Lipinski definition) is 0. The topological polar surface area (TPSA) is 0 Å². The van der Waals surface area contributed by atoms with Gasteiger partial charge in [-0.15, -0.1) is 0 Å². The highest BCUT2D eigenvalue weighted by Crippen LogP contribution is 2.33. The van der Waals surface area contributed by atoms with Crippen LogP contribution in [0.3, 0.4) is 0 Å². The summed E-state index contributed by atoms with van der Waals surface area (Å²) in [5, 5.41) is 0. The van der Waals surface area contributed by atoms with E-state index in [0.29, 0.717) is 11.8 Å². The Morgan fingerprint density at radius 2 is 1.47 bits per heavy atom. The van der Waals surface area contributed by atoms with Gasteiger partial charge in [0.05, 0.1) is 0 Å². The molecule has 0 bridgehead atoms. The minimum atomic E-state index is 0.550. The van der Waals surface area contributed by atoms with Crippen molar-refractivity contribution in [3.8, 4) is 0 Å². The molecule has 2 aromatic carbocycles. The molecule has 2 aromatic rings. The van der Waals surface area contributed by atoms with Crippen molar-refractivity contribution in [2.45, 2.75) is 32.1 Å². The third kappa shape index (κ3) is 3.93. The Hall–Kier alpha value is -0.600. The van der Waals surface area contributed by atoms with Crippen LogP contribution in [-0.2, 0) is 0 Å². The molecule has 100 valence electrons. The number of halogens is 2. The molecule has 2 unspecified atom stereocenters. The van der Waals surface area contributed by atoms with Crippen LogP contribution in [0.5, 0.6) is 0 Å². The first kappa shape index (κ1) is 14.8. The average molecular weight is 382 g/mol. The lowest BCUT2D eigenvalue weighted by molar-refractivity contribution is 0.591. The van der Waals surface area contributed by atoms with Gasteiger partial charge in [-0.3, -0.25) is 0 Å². The molecule has 0 N–H and O–H groups in total. The summed E-state index contributed by atoms with van der Waals surface area (Å²) < 4.78 is 2.35. The zero-order valence-electron chi connectivity index (χ0n) is 11.2. The first-order chi connectivity index (χ1) is 9.08. The van der Waals surface area contributed by atoms with Crippen LogP contribution in [0.1, 0.15) is 43.2 Å². The van der Waals surface area contributed by atoms with Crippen LogP contribution < -0.4 is 0 Å². The van der Waals surface area contributed by atoms with E-state index in [1.54, 1.807) is 0 Å². The Labute approximate surface area is 132 Å². The second-order valence-corrected chi connectivity index (χ2v) is 6.88. The second kappa shape index (κ2) is 6.71. The molecular weight excluding hydrogens is 364 g/mol. The molecule has 0 aliphatic rings. The predicted molar refractivity (Wildman–Crippen MR) is 89.7 cm³/mol. The molecule has 0 spiro atoms. The second-order valence-electron chi connectivity index (χ2n) is 5.11. The smallest absolute Gasteiger partial charge is 0.0210 e. The fourth-order valence-electron chi connectivity index (χ4n) is 2.46. The molecule has 0 heterocycles. The highest BCUT2D eigenvalue weighted by Gasteiger charge is 2.14. The number of benzene rings is 2. The minimum absolute atomic E-state index is 0.550. The first-order valence-corrected chi connectivity index (χ1v) is 8.16. The summed E-state index contributed by atoms with van der Waals surface area (Å²) in [6.07, 6.45) is 1.16. The molecule has 0 fully saturated rings. The summed E-state index contributed by atoms with van der Waals surface area (Å²) in [4.78, 5) is 0. The van der Waals surface area contributed by atoms with Gasteiger partial charge in [0.2, 0.25) is 0 Å². The van der Waals surface area contributed by atoms with Crippen molar-refractivity contribution in [2.24, 2.45) is 0 Å². The summed E-state index contributed by atoms with van der Waals surface area (Å²) in [5.74, 6) is 1.12. The normalized spacial score (nSPS) is 14.1.